The molecular formula is C9H20N2O3. The number of aliphatic hydroxyl groups excluding tert-OH is 1. The maximum absolute atomic E-state index is 11.4. The molecule has 0 aliphatic carbocycles. The van der Waals surface area contributed by atoms with E-state index in [0.29, 0.717) is 0 Å². The molecule has 0 spiro atoms. The van der Waals surface area contributed by atoms with Crippen LogP contribution in [-0.4, -0.2) is 59.9 Å². The zero-order chi connectivity index (χ0) is 11.4. The highest BCUT2D eigenvalue weighted by atomic mass is 16.3. The van der Waals surface area contributed by atoms with E-state index in [9.17, 15) is 9.90 Å². The molecule has 0 saturated carbocycles. The Labute approximate surface area is 84.7 Å². The van der Waals surface area contributed by atoms with Gasteiger partial charge in [0, 0.05) is 20.6 Å². The summed E-state index contributed by atoms with van der Waals surface area (Å²) in [6.07, 6.45) is 0. The minimum Gasteiger partial charge on any atom is -0.393 e. The predicted molar refractivity (Wildman–Crippen MR) is 53.9 cm³/mol. The van der Waals surface area contributed by atoms with Crippen molar-refractivity contribution in [3.05, 3.63) is 0 Å². The van der Waals surface area contributed by atoms with E-state index in [-0.39, 0.29) is 25.1 Å². The summed E-state index contributed by atoms with van der Waals surface area (Å²) in [5.74, 6) is -0.0567. The fourth-order valence-electron chi connectivity index (χ4n) is 0.903. The number of hydrogen-bond donors (Lipinski definition) is 3. The number of aliphatic hydroxyl groups is 2. The molecule has 84 valence electrons. The third-order valence-corrected chi connectivity index (χ3v) is 1.94. The zero-order valence-corrected chi connectivity index (χ0v) is 9.24. The van der Waals surface area contributed by atoms with Crippen LogP contribution in [0.3, 0.4) is 0 Å². The summed E-state index contributed by atoms with van der Waals surface area (Å²) >= 11 is 0. The van der Waals surface area contributed by atoms with Gasteiger partial charge in [0.05, 0.1) is 18.2 Å². The quantitative estimate of drug-likeness (QED) is 0.526. The van der Waals surface area contributed by atoms with Gasteiger partial charge in [0.2, 0.25) is 5.91 Å². The van der Waals surface area contributed by atoms with Crippen LogP contribution in [0.5, 0.6) is 0 Å². The first-order valence-corrected chi connectivity index (χ1v) is 4.58. The van der Waals surface area contributed by atoms with E-state index in [1.54, 1.807) is 21.0 Å². The molecule has 0 radical (unpaired) electrons. The van der Waals surface area contributed by atoms with Gasteiger partial charge < -0.3 is 20.4 Å². The first kappa shape index (κ1) is 13.4. The van der Waals surface area contributed by atoms with Gasteiger partial charge in [-0.25, -0.2) is 0 Å². The molecule has 0 aromatic rings. The topological polar surface area (TPSA) is 72.8 Å². The minimum atomic E-state index is -1.18. The van der Waals surface area contributed by atoms with Gasteiger partial charge in [-0.2, -0.15) is 0 Å². The van der Waals surface area contributed by atoms with Crippen molar-refractivity contribution in [1.82, 2.24) is 10.2 Å². The van der Waals surface area contributed by atoms with Crippen LogP contribution >= 0.6 is 0 Å². The van der Waals surface area contributed by atoms with Gasteiger partial charge in [-0.3, -0.25) is 4.79 Å². The zero-order valence-electron chi connectivity index (χ0n) is 9.24. The van der Waals surface area contributed by atoms with E-state index in [1.165, 1.54) is 11.8 Å². The molecule has 14 heavy (non-hydrogen) atoms. The summed E-state index contributed by atoms with van der Waals surface area (Å²) in [5, 5.41) is 21.1. The monoisotopic (exact) mass is 204 g/mol. The highest BCUT2D eigenvalue weighted by Gasteiger charge is 2.22. The van der Waals surface area contributed by atoms with E-state index in [0.717, 1.165) is 0 Å². The normalized spacial score (nSPS) is 17.3. The number of carbonyl (C=O) groups excluding carboxylic acids is 1. The highest BCUT2D eigenvalue weighted by Crippen LogP contribution is 2.00. The lowest BCUT2D eigenvalue weighted by Gasteiger charge is -2.24. The molecule has 2 atom stereocenters. The Balaban J connectivity index is 3.97. The molecule has 0 aliphatic rings. The van der Waals surface area contributed by atoms with Gasteiger partial charge in [-0.05, 0) is 13.8 Å². The molecule has 0 aromatic carbocycles. The third-order valence-electron chi connectivity index (χ3n) is 1.94. The van der Waals surface area contributed by atoms with E-state index in [4.69, 9.17) is 5.11 Å². The predicted octanol–water partition coefficient (Wildman–Crippen LogP) is -1.20. The number of carbonyl (C=O) groups is 1. The molecule has 2 unspecified atom stereocenters. The molecule has 5 heteroatoms. The van der Waals surface area contributed by atoms with Crippen molar-refractivity contribution in [2.24, 2.45) is 0 Å². The van der Waals surface area contributed by atoms with Crippen LogP contribution < -0.4 is 5.32 Å². The van der Waals surface area contributed by atoms with Gasteiger partial charge in [0.25, 0.3) is 0 Å². The summed E-state index contributed by atoms with van der Waals surface area (Å²) in [6.45, 7) is 3.08. The molecule has 0 rings (SSSR count). The van der Waals surface area contributed by atoms with Crippen LogP contribution in [0.2, 0.25) is 0 Å². The fourth-order valence-corrected chi connectivity index (χ4v) is 0.903. The van der Waals surface area contributed by atoms with Crippen molar-refractivity contribution < 1.29 is 15.0 Å². The third kappa shape index (κ3) is 4.55. The molecular weight excluding hydrogens is 184 g/mol. The van der Waals surface area contributed by atoms with Crippen molar-refractivity contribution in [1.29, 1.82) is 0 Å². The Morgan fingerprint density at radius 2 is 2.07 bits per heavy atom. The molecule has 0 fully saturated rings. The van der Waals surface area contributed by atoms with Crippen LogP contribution in [0.15, 0.2) is 0 Å². The van der Waals surface area contributed by atoms with Crippen molar-refractivity contribution >= 4 is 5.91 Å². The second-order valence-electron chi connectivity index (χ2n) is 3.99. The van der Waals surface area contributed by atoms with E-state index >= 15 is 0 Å². The van der Waals surface area contributed by atoms with Crippen LogP contribution in [0.25, 0.3) is 0 Å². The Morgan fingerprint density at radius 1 is 1.57 bits per heavy atom. The van der Waals surface area contributed by atoms with Crippen molar-refractivity contribution in [2.75, 3.05) is 27.2 Å². The molecule has 0 heterocycles. The van der Waals surface area contributed by atoms with Gasteiger partial charge >= 0.3 is 0 Å². The number of hydrogen-bond acceptors (Lipinski definition) is 4. The first-order chi connectivity index (χ1) is 6.30. The summed E-state index contributed by atoms with van der Waals surface area (Å²) < 4.78 is 0. The molecule has 3 N–H and O–H groups in total. The molecule has 0 bridgehead atoms. The smallest absolute Gasteiger partial charge is 0.238 e. The lowest BCUT2D eigenvalue weighted by Crippen LogP contribution is -2.49. The van der Waals surface area contributed by atoms with Gasteiger partial charge in [0.15, 0.2) is 0 Å². The summed E-state index contributed by atoms with van der Waals surface area (Å²) in [5.41, 5.74) is -1.18. The Hall–Kier alpha value is -0.650. The lowest BCUT2D eigenvalue weighted by atomic mass is 10.1. The molecule has 5 nitrogen and oxygen atoms in total. The Morgan fingerprint density at radius 3 is 2.43 bits per heavy atom. The number of amides is 1. The largest absolute Gasteiger partial charge is 0.393 e. The van der Waals surface area contributed by atoms with E-state index in [1.807, 2.05) is 0 Å². The average Bonchev–Trinajstić information content (AvgIpc) is 2.13. The second-order valence-corrected chi connectivity index (χ2v) is 3.99. The number of likely N-dealkylation sites (N-methyl/N-ethyl adjacent to an activating group) is 1. The van der Waals surface area contributed by atoms with E-state index < -0.39 is 5.60 Å². The summed E-state index contributed by atoms with van der Waals surface area (Å²) in [7, 11) is 3.34. The van der Waals surface area contributed by atoms with Gasteiger partial charge in [-0.1, -0.05) is 0 Å². The Kier molecular flexibility index (Phi) is 5.04. The van der Waals surface area contributed by atoms with E-state index in [2.05, 4.69) is 5.32 Å². The van der Waals surface area contributed by atoms with Crippen LogP contribution in [0, 0.1) is 0 Å². The van der Waals surface area contributed by atoms with Crippen LogP contribution in [-0.2, 0) is 4.79 Å². The SMILES string of the molecule is CC(NCC(C)(O)CO)C(=O)N(C)C. The molecule has 0 saturated heterocycles. The standard InChI is InChI=1S/C9H20N2O3/c1-7(8(13)11(3)4)10-5-9(2,14)6-12/h7,10,12,14H,5-6H2,1-4H3. The number of nitrogens with one attached hydrogen (secondary N) is 1. The Bertz CT molecular complexity index is 192. The van der Waals surface area contributed by atoms with Crippen LogP contribution in [0.1, 0.15) is 13.8 Å². The van der Waals surface area contributed by atoms with Gasteiger partial charge in [-0.15, -0.1) is 0 Å². The second kappa shape index (κ2) is 5.29. The van der Waals surface area contributed by atoms with Crippen molar-refractivity contribution in [2.45, 2.75) is 25.5 Å². The van der Waals surface area contributed by atoms with Crippen molar-refractivity contribution in [3.63, 3.8) is 0 Å². The maximum Gasteiger partial charge on any atom is 0.238 e. The molecule has 0 aliphatic heterocycles. The number of rotatable bonds is 5. The number of nitrogens with zero attached hydrogens (tertiary/aromatic N) is 1. The molecule has 0 aromatic heterocycles. The summed E-state index contributed by atoms with van der Waals surface area (Å²) in [6, 6.07) is -0.358. The summed E-state index contributed by atoms with van der Waals surface area (Å²) in [4.78, 5) is 12.8. The highest BCUT2D eigenvalue weighted by molar-refractivity contribution is 5.80. The molecule has 1 amide bonds. The fraction of sp³-hybridized carbons (Fsp3) is 0.889. The minimum absolute atomic E-state index is 0.0567. The average molecular weight is 204 g/mol. The van der Waals surface area contributed by atoms with Gasteiger partial charge in [0.1, 0.15) is 0 Å². The van der Waals surface area contributed by atoms with Crippen molar-refractivity contribution in [3.8, 4) is 0 Å². The lowest BCUT2D eigenvalue weighted by molar-refractivity contribution is -0.130. The van der Waals surface area contributed by atoms with Crippen LogP contribution in [0.4, 0.5) is 0 Å². The maximum atomic E-state index is 11.4. The first-order valence-electron chi connectivity index (χ1n) is 4.58.